The first-order chi connectivity index (χ1) is 21.0. The van der Waals surface area contributed by atoms with Crippen molar-refractivity contribution in [2.75, 3.05) is 7.11 Å². The van der Waals surface area contributed by atoms with Crippen LogP contribution in [0.1, 0.15) is 56.8 Å². The number of carboxylic acid groups (broad SMARTS) is 1. The minimum atomic E-state index is -1.83. The number of aryl methyl sites for hydroxylation is 1. The third-order valence-electron chi connectivity index (χ3n) is 9.27. The lowest BCUT2D eigenvalue weighted by Crippen LogP contribution is -2.52. The number of aromatic nitrogens is 3. The summed E-state index contributed by atoms with van der Waals surface area (Å²) < 4.78 is 20.3. The second-order valence-corrected chi connectivity index (χ2v) is 13.2. The van der Waals surface area contributed by atoms with Crippen molar-refractivity contribution in [2.45, 2.75) is 70.7 Å². The highest BCUT2D eigenvalue weighted by Gasteiger charge is 2.43. The Morgan fingerprint density at radius 2 is 1.93 bits per heavy atom. The summed E-state index contributed by atoms with van der Waals surface area (Å²) in [7, 11) is 1.57. The van der Waals surface area contributed by atoms with E-state index < -0.39 is 28.9 Å². The van der Waals surface area contributed by atoms with E-state index in [0.717, 1.165) is 35.8 Å². The molecule has 1 aromatic carbocycles. The van der Waals surface area contributed by atoms with E-state index in [-0.39, 0.29) is 24.0 Å². The SMILES string of the molecule is COc1ccccc1C(Cn1c(=O)n(C(C)(C)C(=O)O)c(=O)c2c(C)c(-c3ncco3)sc21)O[C@H]1C[C@H]2CC(C#N)C[C@H]2C1. The lowest BCUT2D eigenvalue weighted by atomic mass is 10.0. The van der Waals surface area contributed by atoms with Crippen LogP contribution in [0, 0.1) is 36.0 Å². The molecule has 0 radical (unpaired) electrons. The highest BCUT2D eigenvalue weighted by Crippen LogP contribution is 2.49. The van der Waals surface area contributed by atoms with Crippen LogP contribution >= 0.6 is 11.3 Å². The van der Waals surface area contributed by atoms with Gasteiger partial charge in [-0.05, 0) is 69.9 Å². The van der Waals surface area contributed by atoms with E-state index in [1.807, 2.05) is 24.3 Å². The molecule has 3 aromatic heterocycles. The summed E-state index contributed by atoms with van der Waals surface area (Å²) in [6, 6.07) is 9.86. The van der Waals surface area contributed by atoms with E-state index in [2.05, 4.69) is 11.1 Å². The Hall–Kier alpha value is -4.21. The molecule has 6 rings (SSSR count). The Kier molecular flexibility index (Phi) is 7.71. The number of carbonyl (C=O) groups is 1. The first-order valence-corrected chi connectivity index (χ1v) is 15.5. The van der Waals surface area contributed by atoms with Crippen molar-refractivity contribution in [1.29, 1.82) is 5.26 Å². The molecule has 2 fully saturated rings. The van der Waals surface area contributed by atoms with Crippen LogP contribution in [0.15, 0.2) is 50.7 Å². The fraction of sp³-hybridized carbons (Fsp3) is 0.469. The number of rotatable bonds is 9. The van der Waals surface area contributed by atoms with Crippen molar-refractivity contribution >= 4 is 27.5 Å². The standard InChI is InChI=1S/C32H34N4O7S/c1-17-25-28(37)36(32(2,3)30(38)39)31(40)35(29(25)44-26(17)27-34-9-10-42-27)16-24(22-7-5-6-8-23(22)41-4)43-21-13-19-11-18(15-33)12-20(19)14-21/h5-10,18-21,24H,11-14,16H2,1-4H3,(H,38,39)/t18?,19-,20+,21+,24?. The fourth-order valence-electron chi connectivity index (χ4n) is 6.96. The first kappa shape index (κ1) is 29.8. The van der Waals surface area contributed by atoms with Crippen LogP contribution < -0.4 is 16.0 Å². The fourth-order valence-corrected chi connectivity index (χ4v) is 8.20. The normalized spacial score (nSPS) is 22.2. The molecule has 4 aromatic rings. The molecular weight excluding hydrogens is 584 g/mol. The molecule has 44 heavy (non-hydrogen) atoms. The van der Waals surface area contributed by atoms with Crippen LogP contribution in [0.5, 0.6) is 5.75 Å². The van der Waals surface area contributed by atoms with Gasteiger partial charge in [0.1, 0.15) is 28.5 Å². The van der Waals surface area contributed by atoms with Crippen molar-refractivity contribution < 1.29 is 23.8 Å². The van der Waals surface area contributed by atoms with Crippen LogP contribution in [0.25, 0.3) is 21.0 Å². The van der Waals surface area contributed by atoms with Gasteiger partial charge in [0.2, 0.25) is 5.89 Å². The zero-order valence-electron chi connectivity index (χ0n) is 25.0. The number of hydrogen-bond donors (Lipinski definition) is 1. The number of nitrogens with zero attached hydrogens (tertiary/aromatic N) is 4. The van der Waals surface area contributed by atoms with Gasteiger partial charge < -0.3 is 19.0 Å². The number of methoxy groups -OCH3 is 1. The summed E-state index contributed by atoms with van der Waals surface area (Å²) in [4.78, 5) is 45.8. The highest BCUT2D eigenvalue weighted by atomic mass is 32.1. The van der Waals surface area contributed by atoms with Crippen molar-refractivity contribution in [3.63, 3.8) is 0 Å². The molecule has 2 aliphatic rings. The van der Waals surface area contributed by atoms with Gasteiger partial charge in [0.25, 0.3) is 5.56 Å². The number of nitriles is 1. The molecule has 0 saturated heterocycles. The molecule has 2 saturated carbocycles. The van der Waals surface area contributed by atoms with Crippen molar-refractivity contribution in [3.05, 3.63) is 68.7 Å². The van der Waals surface area contributed by atoms with Gasteiger partial charge >= 0.3 is 11.7 Å². The van der Waals surface area contributed by atoms with Gasteiger partial charge in [-0.2, -0.15) is 5.26 Å². The molecule has 230 valence electrons. The summed E-state index contributed by atoms with van der Waals surface area (Å²) in [5.74, 6) is 0.497. The number of oxazole rings is 1. The topological polar surface area (TPSA) is 150 Å². The van der Waals surface area contributed by atoms with Gasteiger partial charge in [0.05, 0.1) is 42.3 Å². The lowest BCUT2D eigenvalue weighted by Gasteiger charge is -2.27. The third kappa shape index (κ3) is 4.94. The predicted molar refractivity (Wildman–Crippen MR) is 163 cm³/mol. The molecule has 1 N–H and O–H groups in total. The molecular formula is C32H34N4O7S. The number of carboxylic acids is 1. The van der Waals surface area contributed by atoms with Crippen LogP contribution in [-0.4, -0.2) is 38.4 Å². The molecule has 11 nitrogen and oxygen atoms in total. The van der Waals surface area contributed by atoms with E-state index in [4.69, 9.17) is 13.9 Å². The van der Waals surface area contributed by atoms with E-state index in [1.165, 1.54) is 42.2 Å². The van der Waals surface area contributed by atoms with E-state index in [9.17, 15) is 24.8 Å². The Bertz CT molecular complexity index is 1870. The van der Waals surface area contributed by atoms with Crippen LogP contribution in [0.4, 0.5) is 0 Å². The van der Waals surface area contributed by atoms with Crippen LogP contribution in [0.2, 0.25) is 0 Å². The Morgan fingerprint density at radius 3 is 2.55 bits per heavy atom. The van der Waals surface area contributed by atoms with Crippen molar-refractivity contribution in [1.82, 2.24) is 14.1 Å². The molecule has 0 amide bonds. The minimum absolute atomic E-state index is 0.00329. The molecule has 2 unspecified atom stereocenters. The second-order valence-electron chi connectivity index (χ2n) is 12.2. The number of aliphatic carboxylic acids is 1. The van der Waals surface area contributed by atoms with Gasteiger partial charge in [0.15, 0.2) is 0 Å². The Labute approximate surface area is 257 Å². The number of ether oxygens (including phenoxy) is 2. The third-order valence-corrected chi connectivity index (χ3v) is 10.6. The molecule has 2 aliphatic carbocycles. The summed E-state index contributed by atoms with van der Waals surface area (Å²) in [6.45, 7) is 4.42. The Morgan fingerprint density at radius 1 is 1.23 bits per heavy atom. The first-order valence-electron chi connectivity index (χ1n) is 14.7. The van der Waals surface area contributed by atoms with E-state index in [1.54, 1.807) is 14.0 Å². The average molecular weight is 619 g/mol. The zero-order chi connectivity index (χ0) is 31.3. The second kappa shape index (κ2) is 11.4. The maximum atomic E-state index is 14.3. The number of benzene rings is 1. The van der Waals surface area contributed by atoms with E-state index in [0.29, 0.717) is 38.7 Å². The lowest BCUT2D eigenvalue weighted by molar-refractivity contribution is -0.146. The van der Waals surface area contributed by atoms with E-state index >= 15 is 0 Å². The summed E-state index contributed by atoms with van der Waals surface area (Å²) in [6.07, 6.45) is 5.54. The summed E-state index contributed by atoms with van der Waals surface area (Å²) >= 11 is 1.20. The molecule has 5 atom stereocenters. The maximum Gasteiger partial charge on any atom is 0.333 e. The molecule has 3 heterocycles. The molecule has 0 spiro atoms. The number of hydrogen-bond acceptors (Lipinski definition) is 9. The Balaban J connectivity index is 1.51. The highest BCUT2D eigenvalue weighted by molar-refractivity contribution is 7.22. The van der Waals surface area contributed by atoms with Crippen molar-refractivity contribution in [2.24, 2.45) is 17.8 Å². The quantitative estimate of drug-likeness (QED) is 0.270. The largest absolute Gasteiger partial charge is 0.496 e. The average Bonchev–Trinajstić information content (AvgIpc) is 3.78. The monoisotopic (exact) mass is 618 g/mol. The molecule has 0 bridgehead atoms. The number of thiophene rings is 1. The van der Waals surface area contributed by atoms with Gasteiger partial charge in [-0.1, -0.05) is 18.2 Å². The summed E-state index contributed by atoms with van der Waals surface area (Å²) in [5, 5.41) is 19.7. The summed E-state index contributed by atoms with van der Waals surface area (Å²) in [5.41, 5.74) is -1.99. The molecule has 12 heteroatoms. The maximum absolute atomic E-state index is 14.3. The zero-order valence-corrected chi connectivity index (χ0v) is 25.8. The smallest absolute Gasteiger partial charge is 0.333 e. The van der Waals surface area contributed by atoms with Gasteiger partial charge in [-0.15, -0.1) is 11.3 Å². The van der Waals surface area contributed by atoms with Crippen LogP contribution in [-0.2, 0) is 21.6 Å². The number of fused-ring (bicyclic) bond motifs is 2. The van der Waals surface area contributed by atoms with Gasteiger partial charge in [-0.25, -0.2) is 19.1 Å². The van der Waals surface area contributed by atoms with Gasteiger partial charge in [0, 0.05) is 11.5 Å². The minimum Gasteiger partial charge on any atom is -0.496 e. The van der Waals surface area contributed by atoms with Crippen molar-refractivity contribution in [3.8, 4) is 22.6 Å². The number of para-hydroxylation sites is 1. The molecule has 0 aliphatic heterocycles. The van der Waals surface area contributed by atoms with Crippen LogP contribution in [0.3, 0.4) is 0 Å². The van der Waals surface area contributed by atoms with Gasteiger partial charge in [-0.3, -0.25) is 9.36 Å². The predicted octanol–water partition coefficient (Wildman–Crippen LogP) is 5.10.